The number of pyridine rings is 1. The van der Waals surface area contributed by atoms with Crippen LogP contribution in [-0.4, -0.2) is 45.9 Å². The van der Waals surface area contributed by atoms with Crippen LogP contribution in [0.2, 0.25) is 0 Å². The Labute approximate surface area is 242 Å². The van der Waals surface area contributed by atoms with Crippen molar-refractivity contribution in [2.24, 2.45) is 5.92 Å². The van der Waals surface area contributed by atoms with Gasteiger partial charge in [0.15, 0.2) is 5.13 Å². The first kappa shape index (κ1) is 26.8. The zero-order chi connectivity index (χ0) is 28.5. The van der Waals surface area contributed by atoms with E-state index in [0.717, 1.165) is 46.4 Å². The highest BCUT2D eigenvalue weighted by Gasteiger charge is 2.39. The van der Waals surface area contributed by atoms with Gasteiger partial charge < -0.3 is 5.11 Å². The summed E-state index contributed by atoms with van der Waals surface area (Å²) in [4.78, 5) is 50.6. The number of carboxylic acids is 1. The van der Waals surface area contributed by atoms with E-state index >= 15 is 0 Å². The number of hydrogen-bond acceptors (Lipinski definition) is 6. The van der Waals surface area contributed by atoms with Crippen LogP contribution < -0.4 is 9.80 Å². The van der Waals surface area contributed by atoms with E-state index in [0.29, 0.717) is 30.2 Å². The standard InChI is InChI=1S/C32H30N4O4S/c1-35-28(37)14-11-21-16-23(18-33-30(21)35)25-9-5-6-10-26(25)27-19-41-32(34-27)36(24-12-13-24)31(40)22(17-29(38)39)15-20-7-3-2-4-8-20/h2-10,16,18-19,22,24H,11-15,17H2,1H3,(H,38,39)/t22-/m1/s1. The number of carbonyl (C=O) groups excluding carboxylic acids is 2. The molecule has 1 saturated carbocycles. The highest BCUT2D eigenvalue weighted by atomic mass is 32.1. The summed E-state index contributed by atoms with van der Waals surface area (Å²) in [5.74, 6) is -1.09. The van der Waals surface area contributed by atoms with E-state index in [-0.39, 0.29) is 24.3 Å². The molecule has 6 rings (SSSR count). The lowest BCUT2D eigenvalue weighted by molar-refractivity contribution is -0.140. The molecular formula is C32H30N4O4S. The second kappa shape index (κ2) is 11.2. The Balaban J connectivity index is 1.31. The minimum absolute atomic E-state index is 0.0355. The number of benzene rings is 2. The Morgan fingerprint density at radius 3 is 2.54 bits per heavy atom. The topological polar surface area (TPSA) is 104 Å². The summed E-state index contributed by atoms with van der Waals surface area (Å²) in [6.07, 6.45) is 4.79. The van der Waals surface area contributed by atoms with Crippen LogP contribution in [0.3, 0.4) is 0 Å². The molecule has 4 aromatic rings. The molecule has 0 unspecified atom stereocenters. The average Bonchev–Trinajstić information content (AvgIpc) is 3.70. The van der Waals surface area contributed by atoms with Gasteiger partial charge in [-0.3, -0.25) is 24.2 Å². The highest BCUT2D eigenvalue weighted by molar-refractivity contribution is 7.14. The van der Waals surface area contributed by atoms with E-state index in [4.69, 9.17) is 4.98 Å². The lowest BCUT2D eigenvalue weighted by Crippen LogP contribution is -2.39. The molecular weight excluding hydrogens is 536 g/mol. The number of anilines is 2. The summed E-state index contributed by atoms with van der Waals surface area (Å²) in [5, 5.41) is 12.2. The molecule has 1 aliphatic heterocycles. The Kier molecular flexibility index (Phi) is 7.36. The molecule has 0 saturated heterocycles. The predicted molar refractivity (Wildman–Crippen MR) is 159 cm³/mol. The molecule has 41 heavy (non-hydrogen) atoms. The fraction of sp³-hybridized carbons (Fsp3) is 0.281. The molecule has 9 heteroatoms. The number of carbonyl (C=O) groups is 3. The van der Waals surface area contributed by atoms with Crippen LogP contribution in [0.1, 0.15) is 36.8 Å². The Morgan fingerprint density at radius 1 is 1.07 bits per heavy atom. The molecule has 1 fully saturated rings. The van der Waals surface area contributed by atoms with Gasteiger partial charge in [-0.15, -0.1) is 11.3 Å². The van der Waals surface area contributed by atoms with Crippen LogP contribution in [0.25, 0.3) is 22.4 Å². The highest BCUT2D eigenvalue weighted by Crippen LogP contribution is 2.40. The number of rotatable bonds is 9. The first-order chi connectivity index (χ1) is 19.9. The molecule has 3 heterocycles. The van der Waals surface area contributed by atoms with Gasteiger partial charge in [0.05, 0.1) is 18.0 Å². The van der Waals surface area contributed by atoms with E-state index in [1.54, 1.807) is 23.0 Å². The molecule has 1 atom stereocenters. The molecule has 8 nitrogen and oxygen atoms in total. The van der Waals surface area contributed by atoms with Gasteiger partial charge in [0.2, 0.25) is 11.8 Å². The number of nitrogens with zero attached hydrogens (tertiary/aromatic N) is 4. The molecule has 1 aliphatic carbocycles. The molecule has 2 amide bonds. The number of fused-ring (bicyclic) bond motifs is 1. The third-order valence-corrected chi connectivity index (χ3v) is 8.54. The molecule has 2 aromatic carbocycles. The number of amides is 2. The fourth-order valence-corrected chi connectivity index (χ4v) is 6.34. The molecule has 2 aliphatic rings. The first-order valence-corrected chi connectivity index (χ1v) is 14.7. The zero-order valence-electron chi connectivity index (χ0n) is 22.7. The number of aliphatic carboxylic acids is 1. The molecule has 0 bridgehead atoms. The zero-order valence-corrected chi connectivity index (χ0v) is 23.5. The number of aromatic nitrogens is 2. The lowest BCUT2D eigenvalue weighted by Gasteiger charge is -2.25. The lowest BCUT2D eigenvalue weighted by atomic mass is 9.94. The van der Waals surface area contributed by atoms with Crippen molar-refractivity contribution >= 4 is 40.1 Å². The van der Waals surface area contributed by atoms with Gasteiger partial charge in [-0.2, -0.15) is 0 Å². The largest absolute Gasteiger partial charge is 0.481 e. The Bertz CT molecular complexity index is 1610. The minimum atomic E-state index is -0.988. The third kappa shape index (κ3) is 5.63. The van der Waals surface area contributed by atoms with E-state index in [1.165, 1.54) is 11.3 Å². The van der Waals surface area contributed by atoms with E-state index in [2.05, 4.69) is 11.1 Å². The van der Waals surface area contributed by atoms with Gasteiger partial charge in [-0.05, 0) is 48.4 Å². The maximum Gasteiger partial charge on any atom is 0.304 e. The van der Waals surface area contributed by atoms with Gasteiger partial charge in [0.25, 0.3) is 0 Å². The van der Waals surface area contributed by atoms with Crippen LogP contribution in [0.5, 0.6) is 0 Å². The van der Waals surface area contributed by atoms with Gasteiger partial charge in [0.1, 0.15) is 5.82 Å². The summed E-state index contributed by atoms with van der Waals surface area (Å²) in [7, 11) is 1.76. The summed E-state index contributed by atoms with van der Waals surface area (Å²) in [5.41, 5.74) is 5.55. The first-order valence-electron chi connectivity index (χ1n) is 13.8. The van der Waals surface area contributed by atoms with Crippen LogP contribution in [0.4, 0.5) is 10.9 Å². The van der Waals surface area contributed by atoms with Crippen molar-refractivity contribution in [3.8, 4) is 22.4 Å². The molecule has 2 aromatic heterocycles. The van der Waals surface area contributed by atoms with Crippen molar-refractivity contribution in [1.82, 2.24) is 9.97 Å². The predicted octanol–water partition coefficient (Wildman–Crippen LogP) is 5.61. The van der Waals surface area contributed by atoms with Crippen molar-refractivity contribution in [2.75, 3.05) is 16.8 Å². The number of hydrogen-bond donors (Lipinski definition) is 1. The summed E-state index contributed by atoms with van der Waals surface area (Å²) in [6, 6.07) is 19.7. The van der Waals surface area contributed by atoms with E-state index in [1.807, 2.05) is 60.0 Å². The average molecular weight is 567 g/mol. The van der Waals surface area contributed by atoms with Gasteiger partial charge >= 0.3 is 5.97 Å². The second-order valence-corrected chi connectivity index (χ2v) is 11.5. The molecule has 208 valence electrons. The van der Waals surface area contributed by atoms with Crippen molar-refractivity contribution in [1.29, 1.82) is 0 Å². The summed E-state index contributed by atoms with van der Waals surface area (Å²) >= 11 is 1.41. The maximum atomic E-state index is 13.9. The maximum absolute atomic E-state index is 13.9. The normalized spacial score (nSPS) is 15.3. The van der Waals surface area contributed by atoms with Crippen molar-refractivity contribution in [2.45, 2.75) is 44.6 Å². The van der Waals surface area contributed by atoms with Crippen LogP contribution in [-0.2, 0) is 27.2 Å². The molecule has 0 radical (unpaired) electrons. The number of aryl methyl sites for hydroxylation is 1. The van der Waals surface area contributed by atoms with Crippen molar-refractivity contribution in [3.05, 3.63) is 83.4 Å². The third-order valence-electron chi connectivity index (χ3n) is 7.70. The summed E-state index contributed by atoms with van der Waals surface area (Å²) in [6.45, 7) is 0. The quantitative estimate of drug-likeness (QED) is 0.283. The Morgan fingerprint density at radius 2 is 1.80 bits per heavy atom. The number of carboxylic acid groups (broad SMARTS) is 1. The fourth-order valence-electron chi connectivity index (χ4n) is 5.44. The minimum Gasteiger partial charge on any atom is -0.481 e. The second-order valence-electron chi connectivity index (χ2n) is 10.6. The van der Waals surface area contributed by atoms with Gasteiger partial charge in [-0.1, -0.05) is 54.6 Å². The smallest absolute Gasteiger partial charge is 0.304 e. The van der Waals surface area contributed by atoms with E-state index < -0.39 is 11.9 Å². The van der Waals surface area contributed by atoms with Crippen LogP contribution in [0, 0.1) is 5.92 Å². The van der Waals surface area contributed by atoms with Crippen LogP contribution in [0.15, 0.2) is 72.2 Å². The van der Waals surface area contributed by atoms with Crippen molar-refractivity contribution < 1.29 is 19.5 Å². The van der Waals surface area contributed by atoms with Crippen LogP contribution >= 0.6 is 11.3 Å². The van der Waals surface area contributed by atoms with Gasteiger partial charge in [-0.25, -0.2) is 9.97 Å². The van der Waals surface area contributed by atoms with Gasteiger partial charge in [0, 0.05) is 42.2 Å². The number of thiazole rings is 1. The summed E-state index contributed by atoms with van der Waals surface area (Å²) < 4.78 is 0. The van der Waals surface area contributed by atoms with Crippen molar-refractivity contribution in [3.63, 3.8) is 0 Å². The van der Waals surface area contributed by atoms with E-state index in [9.17, 15) is 19.5 Å². The monoisotopic (exact) mass is 566 g/mol. The molecule has 0 spiro atoms. The molecule has 1 N–H and O–H groups in total. The Hall–Kier alpha value is -4.37. The SMILES string of the molecule is CN1C(=O)CCc2cc(-c3ccccc3-c3csc(N(C(=O)[C@@H](CC(=O)O)Cc4ccccc4)C4CC4)n3)cnc21.